The first-order chi connectivity index (χ1) is 6.77. The highest BCUT2D eigenvalue weighted by molar-refractivity contribution is 5.35. The predicted molar refractivity (Wildman–Crippen MR) is 57.7 cm³/mol. The van der Waals surface area contributed by atoms with Crippen molar-refractivity contribution in [2.45, 2.75) is 26.7 Å². The van der Waals surface area contributed by atoms with Gasteiger partial charge in [-0.25, -0.2) is 4.98 Å². The van der Waals surface area contributed by atoms with Crippen molar-refractivity contribution >= 4 is 5.82 Å². The number of anilines is 1. The summed E-state index contributed by atoms with van der Waals surface area (Å²) in [4.78, 5) is 19.8. The zero-order chi connectivity index (χ0) is 10.4. The average Bonchev–Trinajstić information content (AvgIpc) is 2.19. The molecule has 0 aliphatic rings. The molecule has 0 aliphatic carbocycles. The summed E-state index contributed by atoms with van der Waals surface area (Å²) in [6.45, 7) is 6.07. The Labute approximate surface area is 84.0 Å². The van der Waals surface area contributed by atoms with E-state index < -0.39 is 0 Å². The summed E-state index contributed by atoms with van der Waals surface area (Å²) in [5.41, 5.74) is -0.0926. The summed E-state index contributed by atoms with van der Waals surface area (Å²) in [5.74, 6) is 0.768. The van der Waals surface area contributed by atoms with Gasteiger partial charge in [-0.1, -0.05) is 13.3 Å². The van der Waals surface area contributed by atoms with Gasteiger partial charge >= 0.3 is 0 Å². The molecule has 4 nitrogen and oxygen atoms in total. The van der Waals surface area contributed by atoms with E-state index in [2.05, 4.69) is 28.7 Å². The van der Waals surface area contributed by atoms with Gasteiger partial charge < -0.3 is 9.88 Å². The number of hydrogen-bond acceptors (Lipinski definition) is 3. The molecule has 0 radical (unpaired) electrons. The third-order valence-corrected chi connectivity index (χ3v) is 2.15. The van der Waals surface area contributed by atoms with Crippen molar-refractivity contribution in [2.75, 3.05) is 18.0 Å². The van der Waals surface area contributed by atoms with Crippen LogP contribution in [0.5, 0.6) is 0 Å². The summed E-state index contributed by atoms with van der Waals surface area (Å²) >= 11 is 0. The maximum Gasteiger partial charge on any atom is 0.252 e. The fourth-order valence-electron chi connectivity index (χ4n) is 1.31. The molecule has 0 saturated carbocycles. The Balaban J connectivity index is 2.73. The molecule has 78 valence electrons. The number of rotatable bonds is 5. The van der Waals surface area contributed by atoms with Crippen LogP contribution in [-0.2, 0) is 0 Å². The monoisotopic (exact) mass is 195 g/mol. The Morgan fingerprint density at radius 3 is 2.86 bits per heavy atom. The van der Waals surface area contributed by atoms with Crippen LogP contribution >= 0.6 is 0 Å². The second-order valence-electron chi connectivity index (χ2n) is 3.20. The van der Waals surface area contributed by atoms with E-state index in [0.29, 0.717) is 0 Å². The Kier molecular flexibility index (Phi) is 4.16. The number of aromatic amines is 1. The molecule has 0 aromatic carbocycles. The molecule has 0 spiro atoms. The minimum Gasteiger partial charge on any atom is -0.357 e. The smallest absolute Gasteiger partial charge is 0.252 e. The molecule has 0 fully saturated rings. The molecule has 14 heavy (non-hydrogen) atoms. The molecule has 4 heteroatoms. The van der Waals surface area contributed by atoms with Gasteiger partial charge in [0.15, 0.2) is 0 Å². The Morgan fingerprint density at radius 1 is 1.50 bits per heavy atom. The molecule has 1 rings (SSSR count). The fraction of sp³-hybridized carbons (Fsp3) is 0.600. The molecule has 0 bridgehead atoms. The predicted octanol–water partition coefficient (Wildman–Crippen LogP) is 1.40. The van der Waals surface area contributed by atoms with Gasteiger partial charge in [0.2, 0.25) is 0 Å². The van der Waals surface area contributed by atoms with Crippen molar-refractivity contribution in [3.05, 3.63) is 22.7 Å². The van der Waals surface area contributed by atoms with Gasteiger partial charge in [0, 0.05) is 19.2 Å². The lowest BCUT2D eigenvalue weighted by Crippen LogP contribution is -2.26. The van der Waals surface area contributed by atoms with Gasteiger partial charge in [0.1, 0.15) is 5.82 Å². The topological polar surface area (TPSA) is 49.0 Å². The van der Waals surface area contributed by atoms with Gasteiger partial charge in [-0.05, 0) is 13.3 Å². The van der Waals surface area contributed by atoms with E-state index in [1.165, 1.54) is 6.33 Å². The number of H-pyrrole nitrogens is 1. The van der Waals surface area contributed by atoms with Crippen LogP contribution in [0, 0.1) is 0 Å². The van der Waals surface area contributed by atoms with Gasteiger partial charge in [0.05, 0.1) is 6.33 Å². The number of hydrogen-bond donors (Lipinski definition) is 1. The highest BCUT2D eigenvalue weighted by atomic mass is 16.1. The second kappa shape index (κ2) is 5.42. The van der Waals surface area contributed by atoms with Crippen LogP contribution in [0.2, 0.25) is 0 Å². The quantitative estimate of drug-likeness (QED) is 0.772. The number of unbranched alkanes of at least 4 members (excludes halogenated alkanes) is 1. The molecule has 0 amide bonds. The normalized spacial score (nSPS) is 10.1. The van der Waals surface area contributed by atoms with E-state index in [-0.39, 0.29) is 5.56 Å². The van der Waals surface area contributed by atoms with Crippen molar-refractivity contribution in [1.82, 2.24) is 9.97 Å². The highest BCUT2D eigenvalue weighted by Crippen LogP contribution is 2.06. The van der Waals surface area contributed by atoms with Crippen LogP contribution in [0.1, 0.15) is 26.7 Å². The average molecular weight is 195 g/mol. The zero-order valence-corrected chi connectivity index (χ0v) is 8.79. The summed E-state index contributed by atoms with van der Waals surface area (Å²) in [5, 5.41) is 0. The van der Waals surface area contributed by atoms with Crippen LogP contribution in [-0.4, -0.2) is 23.1 Å². The van der Waals surface area contributed by atoms with Crippen molar-refractivity contribution in [3.63, 3.8) is 0 Å². The first-order valence-electron chi connectivity index (χ1n) is 5.07. The molecule has 1 heterocycles. The largest absolute Gasteiger partial charge is 0.357 e. The van der Waals surface area contributed by atoms with Gasteiger partial charge in [-0.3, -0.25) is 4.79 Å². The molecular formula is C10H17N3O. The van der Waals surface area contributed by atoms with Crippen LogP contribution < -0.4 is 10.5 Å². The van der Waals surface area contributed by atoms with Crippen LogP contribution in [0.25, 0.3) is 0 Å². The lowest BCUT2D eigenvalue weighted by Gasteiger charge is -2.20. The zero-order valence-electron chi connectivity index (χ0n) is 8.79. The summed E-state index contributed by atoms with van der Waals surface area (Å²) in [6.07, 6.45) is 3.73. The van der Waals surface area contributed by atoms with Crippen LogP contribution in [0.4, 0.5) is 5.82 Å². The Hall–Kier alpha value is -1.32. The molecule has 1 aromatic rings. The van der Waals surface area contributed by atoms with E-state index in [1.807, 2.05) is 0 Å². The summed E-state index contributed by atoms with van der Waals surface area (Å²) in [7, 11) is 0. The molecule has 0 aliphatic heterocycles. The third-order valence-electron chi connectivity index (χ3n) is 2.15. The standard InChI is InChI=1S/C10H17N3O/c1-3-5-6-13(4-2)9-7-10(14)12-8-11-9/h7-8H,3-6H2,1-2H3,(H,11,12,14). The minimum absolute atomic E-state index is 0.0926. The Bertz CT molecular complexity index is 321. The third kappa shape index (κ3) is 2.87. The van der Waals surface area contributed by atoms with E-state index in [9.17, 15) is 4.79 Å². The molecule has 0 unspecified atom stereocenters. The number of aromatic nitrogens is 2. The minimum atomic E-state index is -0.0926. The van der Waals surface area contributed by atoms with Crippen LogP contribution in [0.3, 0.4) is 0 Å². The maximum absolute atomic E-state index is 11.1. The van der Waals surface area contributed by atoms with Crippen molar-refractivity contribution in [3.8, 4) is 0 Å². The van der Waals surface area contributed by atoms with Crippen LogP contribution in [0.15, 0.2) is 17.2 Å². The molecule has 0 saturated heterocycles. The summed E-state index contributed by atoms with van der Waals surface area (Å²) in [6, 6.07) is 1.54. The van der Waals surface area contributed by atoms with E-state index in [0.717, 1.165) is 31.7 Å². The first kappa shape index (κ1) is 10.8. The van der Waals surface area contributed by atoms with Gasteiger partial charge in [-0.15, -0.1) is 0 Å². The maximum atomic E-state index is 11.1. The molecular weight excluding hydrogens is 178 g/mol. The van der Waals surface area contributed by atoms with Crippen molar-refractivity contribution in [1.29, 1.82) is 0 Å². The van der Waals surface area contributed by atoms with Crippen molar-refractivity contribution < 1.29 is 0 Å². The van der Waals surface area contributed by atoms with Crippen molar-refractivity contribution in [2.24, 2.45) is 0 Å². The molecule has 1 aromatic heterocycles. The molecule has 0 atom stereocenters. The first-order valence-corrected chi connectivity index (χ1v) is 5.07. The molecule has 1 N–H and O–H groups in total. The lowest BCUT2D eigenvalue weighted by molar-refractivity contribution is 0.722. The Morgan fingerprint density at radius 2 is 2.29 bits per heavy atom. The van der Waals surface area contributed by atoms with E-state index >= 15 is 0 Å². The van der Waals surface area contributed by atoms with E-state index in [4.69, 9.17) is 0 Å². The fourth-order valence-corrected chi connectivity index (χ4v) is 1.31. The SMILES string of the molecule is CCCCN(CC)c1cc(=O)[nH]cn1. The van der Waals surface area contributed by atoms with Gasteiger partial charge in [-0.2, -0.15) is 0 Å². The lowest BCUT2D eigenvalue weighted by atomic mass is 10.3. The van der Waals surface area contributed by atoms with Gasteiger partial charge in [0.25, 0.3) is 5.56 Å². The number of nitrogens with zero attached hydrogens (tertiary/aromatic N) is 2. The van der Waals surface area contributed by atoms with E-state index in [1.54, 1.807) is 6.07 Å². The highest BCUT2D eigenvalue weighted by Gasteiger charge is 2.04. The second-order valence-corrected chi connectivity index (χ2v) is 3.20. The number of nitrogens with one attached hydrogen (secondary N) is 1. The summed E-state index contributed by atoms with van der Waals surface area (Å²) < 4.78 is 0.